The molecule has 2 heterocycles. The molecule has 2 aromatic carbocycles. The number of amides is 1. The molecule has 4 rings (SSSR count). The SMILES string of the molecule is CN(Cc1ccc(-c2ccc(Cl)cc2)o1)C(=O)CSc1nnc(-c2ccccc2)o1. The quantitative estimate of drug-likeness (QED) is 0.359. The third-order valence-electron chi connectivity index (χ3n) is 4.36. The monoisotopic (exact) mass is 439 g/mol. The fraction of sp³-hybridized carbons (Fsp3) is 0.136. The molecule has 0 aliphatic heterocycles. The summed E-state index contributed by atoms with van der Waals surface area (Å²) in [5.74, 6) is 1.99. The highest BCUT2D eigenvalue weighted by atomic mass is 35.5. The number of benzene rings is 2. The van der Waals surface area contributed by atoms with Crippen molar-refractivity contribution in [3.63, 3.8) is 0 Å². The van der Waals surface area contributed by atoms with Crippen LogP contribution >= 0.6 is 23.4 Å². The summed E-state index contributed by atoms with van der Waals surface area (Å²) in [5.41, 5.74) is 1.77. The Morgan fingerprint density at radius 2 is 1.73 bits per heavy atom. The van der Waals surface area contributed by atoms with Crippen LogP contribution in [0.5, 0.6) is 0 Å². The van der Waals surface area contributed by atoms with Crippen LogP contribution in [0.1, 0.15) is 5.76 Å². The van der Waals surface area contributed by atoms with Gasteiger partial charge in [0, 0.05) is 23.2 Å². The number of rotatable bonds is 7. The Labute approximate surface area is 182 Å². The molecule has 0 unspecified atom stereocenters. The lowest BCUT2D eigenvalue weighted by Crippen LogP contribution is -2.27. The first-order valence-electron chi connectivity index (χ1n) is 9.19. The van der Waals surface area contributed by atoms with Crippen LogP contribution in [0.15, 0.2) is 80.8 Å². The van der Waals surface area contributed by atoms with E-state index in [0.717, 1.165) is 16.9 Å². The fourth-order valence-electron chi connectivity index (χ4n) is 2.75. The molecule has 0 fully saturated rings. The molecule has 0 aliphatic carbocycles. The van der Waals surface area contributed by atoms with E-state index in [2.05, 4.69) is 10.2 Å². The first-order chi connectivity index (χ1) is 14.6. The van der Waals surface area contributed by atoms with E-state index in [4.69, 9.17) is 20.4 Å². The molecule has 0 radical (unpaired) electrons. The van der Waals surface area contributed by atoms with Crippen LogP contribution in [0.2, 0.25) is 5.02 Å². The minimum atomic E-state index is -0.0658. The van der Waals surface area contributed by atoms with Crippen LogP contribution in [0, 0.1) is 0 Å². The van der Waals surface area contributed by atoms with Crippen molar-refractivity contribution in [1.82, 2.24) is 15.1 Å². The van der Waals surface area contributed by atoms with Gasteiger partial charge in [-0.15, -0.1) is 10.2 Å². The van der Waals surface area contributed by atoms with E-state index in [0.29, 0.717) is 28.4 Å². The van der Waals surface area contributed by atoms with Gasteiger partial charge >= 0.3 is 0 Å². The fourth-order valence-corrected chi connectivity index (χ4v) is 3.58. The number of carbonyl (C=O) groups excluding carboxylic acids is 1. The number of hydrogen-bond acceptors (Lipinski definition) is 6. The summed E-state index contributed by atoms with van der Waals surface area (Å²) in [5, 5.41) is 9.06. The van der Waals surface area contributed by atoms with Crippen LogP contribution in [0.25, 0.3) is 22.8 Å². The third kappa shape index (κ3) is 4.93. The lowest BCUT2D eigenvalue weighted by Gasteiger charge is -2.14. The highest BCUT2D eigenvalue weighted by Gasteiger charge is 2.15. The van der Waals surface area contributed by atoms with Crippen molar-refractivity contribution in [3.05, 3.63) is 77.5 Å². The standard InChI is InChI=1S/C22H18ClN3O3S/c1-26(13-18-11-12-19(28-18)15-7-9-17(23)10-8-15)20(27)14-30-22-25-24-21(29-22)16-5-3-2-4-6-16/h2-12H,13-14H2,1H3. The molecule has 8 heteroatoms. The third-order valence-corrected chi connectivity index (χ3v) is 5.41. The molecule has 0 bridgehead atoms. The molecule has 6 nitrogen and oxygen atoms in total. The number of nitrogens with zero attached hydrogens (tertiary/aromatic N) is 3. The molecular formula is C22H18ClN3O3S. The average molecular weight is 440 g/mol. The first kappa shape index (κ1) is 20.3. The second-order valence-electron chi connectivity index (χ2n) is 6.55. The van der Waals surface area contributed by atoms with Gasteiger partial charge in [-0.25, -0.2) is 0 Å². The Hall–Kier alpha value is -3.03. The maximum Gasteiger partial charge on any atom is 0.277 e. The van der Waals surface area contributed by atoms with Gasteiger partial charge in [-0.2, -0.15) is 0 Å². The van der Waals surface area contributed by atoms with Gasteiger partial charge in [-0.1, -0.05) is 41.6 Å². The van der Waals surface area contributed by atoms with E-state index in [1.807, 2.05) is 66.7 Å². The van der Waals surface area contributed by atoms with Crippen LogP contribution in [-0.2, 0) is 11.3 Å². The lowest BCUT2D eigenvalue weighted by molar-refractivity contribution is -0.127. The molecule has 30 heavy (non-hydrogen) atoms. The van der Waals surface area contributed by atoms with Gasteiger partial charge in [0.2, 0.25) is 11.8 Å². The number of furan rings is 1. The molecule has 1 amide bonds. The van der Waals surface area contributed by atoms with E-state index >= 15 is 0 Å². The first-order valence-corrected chi connectivity index (χ1v) is 10.6. The molecule has 0 aliphatic rings. The van der Waals surface area contributed by atoms with Crippen molar-refractivity contribution in [3.8, 4) is 22.8 Å². The van der Waals surface area contributed by atoms with Crippen molar-refractivity contribution in [1.29, 1.82) is 0 Å². The van der Waals surface area contributed by atoms with Crippen LogP contribution in [0.4, 0.5) is 0 Å². The van der Waals surface area contributed by atoms with Crippen LogP contribution < -0.4 is 0 Å². The predicted molar refractivity (Wildman–Crippen MR) is 116 cm³/mol. The summed E-state index contributed by atoms with van der Waals surface area (Å²) in [6.45, 7) is 0.367. The number of halogens is 1. The summed E-state index contributed by atoms with van der Waals surface area (Å²) >= 11 is 7.13. The molecule has 0 atom stereocenters. The van der Waals surface area contributed by atoms with Crippen molar-refractivity contribution in [2.45, 2.75) is 11.8 Å². The predicted octanol–water partition coefficient (Wildman–Crippen LogP) is 5.40. The Morgan fingerprint density at radius 3 is 2.50 bits per heavy atom. The van der Waals surface area contributed by atoms with E-state index in [1.54, 1.807) is 11.9 Å². The van der Waals surface area contributed by atoms with Gasteiger partial charge in [0.15, 0.2) is 0 Å². The van der Waals surface area contributed by atoms with Gasteiger partial charge < -0.3 is 13.7 Å². The Morgan fingerprint density at radius 1 is 0.967 bits per heavy atom. The highest BCUT2D eigenvalue weighted by molar-refractivity contribution is 7.99. The Balaban J connectivity index is 1.31. The highest BCUT2D eigenvalue weighted by Crippen LogP contribution is 2.25. The van der Waals surface area contributed by atoms with E-state index < -0.39 is 0 Å². The van der Waals surface area contributed by atoms with Crippen molar-refractivity contribution >= 4 is 29.3 Å². The molecule has 0 spiro atoms. The maximum absolute atomic E-state index is 12.5. The summed E-state index contributed by atoms with van der Waals surface area (Å²) in [4.78, 5) is 14.1. The van der Waals surface area contributed by atoms with E-state index in [9.17, 15) is 4.79 Å². The van der Waals surface area contributed by atoms with Gasteiger partial charge in [0.05, 0.1) is 12.3 Å². The van der Waals surface area contributed by atoms with E-state index in [1.165, 1.54) is 11.8 Å². The van der Waals surface area contributed by atoms with E-state index in [-0.39, 0.29) is 11.7 Å². The second-order valence-corrected chi connectivity index (χ2v) is 7.91. The molecule has 152 valence electrons. The zero-order valence-corrected chi connectivity index (χ0v) is 17.7. The van der Waals surface area contributed by atoms with Crippen molar-refractivity contribution in [2.24, 2.45) is 0 Å². The summed E-state index contributed by atoms with van der Waals surface area (Å²) in [6.07, 6.45) is 0. The zero-order valence-electron chi connectivity index (χ0n) is 16.1. The number of carbonyl (C=O) groups is 1. The van der Waals surface area contributed by atoms with Gasteiger partial charge in [-0.05, 0) is 48.5 Å². The van der Waals surface area contributed by atoms with Gasteiger partial charge in [0.25, 0.3) is 5.22 Å². The topological polar surface area (TPSA) is 72.4 Å². The molecule has 0 saturated heterocycles. The Bertz CT molecular complexity index is 1130. The second kappa shape index (κ2) is 9.19. The molecule has 0 saturated carbocycles. The summed E-state index contributed by atoms with van der Waals surface area (Å²) < 4.78 is 11.5. The van der Waals surface area contributed by atoms with Crippen molar-refractivity contribution < 1.29 is 13.6 Å². The van der Waals surface area contributed by atoms with Crippen LogP contribution in [-0.4, -0.2) is 33.8 Å². The summed E-state index contributed by atoms with van der Waals surface area (Å²) in [6, 6.07) is 20.7. The number of thioether (sulfide) groups is 1. The Kier molecular flexibility index (Phi) is 6.21. The van der Waals surface area contributed by atoms with Gasteiger partial charge in [0.1, 0.15) is 11.5 Å². The van der Waals surface area contributed by atoms with Gasteiger partial charge in [-0.3, -0.25) is 4.79 Å². The number of hydrogen-bond donors (Lipinski definition) is 0. The maximum atomic E-state index is 12.5. The smallest absolute Gasteiger partial charge is 0.277 e. The summed E-state index contributed by atoms with van der Waals surface area (Å²) in [7, 11) is 1.73. The number of aromatic nitrogens is 2. The lowest BCUT2D eigenvalue weighted by atomic mass is 10.2. The van der Waals surface area contributed by atoms with Crippen LogP contribution in [0.3, 0.4) is 0 Å². The zero-order chi connectivity index (χ0) is 20.9. The average Bonchev–Trinajstić information content (AvgIpc) is 3.43. The molecule has 2 aromatic heterocycles. The minimum Gasteiger partial charge on any atom is -0.459 e. The molecule has 0 N–H and O–H groups in total. The molecule has 4 aromatic rings. The minimum absolute atomic E-state index is 0.0658. The largest absolute Gasteiger partial charge is 0.459 e. The molecular weight excluding hydrogens is 422 g/mol. The van der Waals surface area contributed by atoms with Crippen molar-refractivity contribution in [2.75, 3.05) is 12.8 Å². The normalized spacial score (nSPS) is 10.9.